The molecule has 0 saturated heterocycles. The smallest absolute Gasteiger partial charge is 0.326 e. The van der Waals surface area contributed by atoms with Crippen molar-refractivity contribution >= 4 is 17.6 Å². The number of hydrogen-bond acceptors (Lipinski definition) is 3. The summed E-state index contributed by atoms with van der Waals surface area (Å²) < 4.78 is 0. The van der Waals surface area contributed by atoms with Gasteiger partial charge in [0, 0.05) is 17.8 Å². The molecule has 2 unspecified atom stereocenters. The van der Waals surface area contributed by atoms with Crippen LogP contribution in [0.2, 0.25) is 0 Å². The van der Waals surface area contributed by atoms with Crippen LogP contribution in [0.1, 0.15) is 42.6 Å². The molecule has 1 heterocycles. The van der Waals surface area contributed by atoms with E-state index in [2.05, 4.69) is 10.6 Å². The van der Waals surface area contributed by atoms with E-state index in [9.17, 15) is 14.7 Å². The highest BCUT2D eigenvalue weighted by molar-refractivity contribution is 5.99. The molecule has 1 aliphatic heterocycles. The van der Waals surface area contributed by atoms with Crippen molar-refractivity contribution in [1.29, 1.82) is 0 Å². The molecule has 2 rings (SSSR count). The molecule has 21 heavy (non-hydrogen) atoms. The summed E-state index contributed by atoms with van der Waals surface area (Å²) in [5.41, 5.74) is 2.54. The Hall–Kier alpha value is -2.04. The van der Waals surface area contributed by atoms with Crippen molar-refractivity contribution in [3.8, 4) is 0 Å². The van der Waals surface area contributed by atoms with E-state index >= 15 is 0 Å². The minimum absolute atomic E-state index is 0.107. The minimum Gasteiger partial charge on any atom is -0.480 e. The van der Waals surface area contributed by atoms with Crippen molar-refractivity contribution in [2.45, 2.75) is 39.2 Å². The Morgan fingerprint density at radius 2 is 2.19 bits per heavy atom. The van der Waals surface area contributed by atoms with Crippen LogP contribution in [-0.2, 0) is 11.2 Å². The molecule has 1 aliphatic rings. The lowest BCUT2D eigenvalue weighted by Gasteiger charge is -2.23. The third-order valence-electron chi connectivity index (χ3n) is 4.11. The van der Waals surface area contributed by atoms with Crippen LogP contribution in [0.15, 0.2) is 18.2 Å². The van der Waals surface area contributed by atoms with Gasteiger partial charge in [-0.05, 0) is 36.5 Å². The molecule has 0 aliphatic carbocycles. The van der Waals surface area contributed by atoms with Crippen molar-refractivity contribution < 1.29 is 14.7 Å². The second-order valence-electron chi connectivity index (χ2n) is 5.54. The molecule has 0 bridgehead atoms. The van der Waals surface area contributed by atoms with E-state index in [1.165, 1.54) is 0 Å². The Morgan fingerprint density at radius 1 is 1.43 bits per heavy atom. The fraction of sp³-hybridized carbons (Fsp3) is 0.500. The van der Waals surface area contributed by atoms with E-state index in [0.717, 1.165) is 30.6 Å². The van der Waals surface area contributed by atoms with Crippen molar-refractivity contribution in [1.82, 2.24) is 5.32 Å². The van der Waals surface area contributed by atoms with E-state index in [-0.39, 0.29) is 11.8 Å². The summed E-state index contributed by atoms with van der Waals surface area (Å²) in [4.78, 5) is 23.8. The summed E-state index contributed by atoms with van der Waals surface area (Å²) in [5, 5.41) is 15.2. The maximum Gasteiger partial charge on any atom is 0.326 e. The molecular formula is C16H22N2O3. The number of carbonyl (C=O) groups excluding carboxylic acids is 1. The first-order valence-electron chi connectivity index (χ1n) is 7.44. The number of carboxylic acid groups (broad SMARTS) is 1. The highest BCUT2D eigenvalue weighted by Crippen LogP contribution is 2.25. The van der Waals surface area contributed by atoms with Crippen LogP contribution in [-0.4, -0.2) is 29.6 Å². The lowest BCUT2D eigenvalue weighted by molar-refractivity contribution is -0.140. The molecule has 114 valence electrons. The quantitative estimate of drug-likeness (QED) is 0.777. The van der Waals surface area contributed by atoms with Crippen molar-refractivity contribution in [3.63, 3.8) is 0 Å². The standard InChI is InChI=1S/C16H22N2O3/c1-3-10(2)14(16(20)21)18-15(19)12-6-4-8-13-11(12)7-5-9-17-13/h4,6,8,10,14,17H,3,5,7,9H2,1-2H3,(H,18,19)(H,20,21). The van der Waals surface area contributed by atoms with Gasteiger partial charge in [0.1, 0.15) is 6.04 Å². The zero-order valence-electron chi connectivity index (χ0n) is 12.5. The fourth-order valence-electron chi connectivity index (χ4n) is 2.62. The van der Waals surface area contributed by atoms with Gasteiger partial charge >= 0.3 is 5.97 Å². The van der Waals surface area contributed by atoms with Crippen molar-refractivity contribution in [3.05, 3.63) is 29.3 Å². The molecule has 1 aromatic carbocycles. The summed E-state index contributed by atoms with van der Waals surface area (Å²) in [7, 11) is 0. The molecule has 0 fully saturated rings. The molecule has 2 atom stereocenters. The Morgan fingerprint density at radius 3 is 2.86 bits per heavy atom. The number of nitrogens with one attached hydrogen (secondary N) is 2. The molecule has 1 amide bonds. The van der Waals surface area contributed by atoms with Crippen LogP contribution < -0.4 is 10.6 Å². The number of hydrogen-bond donors (Lipinski definition) is 3. The molecule has 1 aromatic rings. The molecule has 5 nitrogen and oxygen atoms in total. The van der Waals surface area contributed by atoms with E-state index in [1.54, 1.807) is 6.07 Å². The number of benzene rings is 1. The minimum atomic E-state index is -0.986. The van der Waals surface area contributed by atoms with Gasteiger partial charge in [0.2, 0.25) is 0 Å². The second-order valence-corrected chi connectivity index (χ2v) is 5.54. The van der Waals surface area contributed by atoms with Gasteiger partial charge in [-0.2, -0.15) is 0 Å². The monoisotopic (exact) mass is 290 g/mol. The number of carboxylic acids is 1. The topological polar surface area (TPSA) is 78.4 Å². The maximum atomic E-state index is 12.4. The summed E-state index contributed by atoms with van der Waals surface area (Å²) >= 11 is 0. The van der Waals surface area contributed by atoms with Crippen LogP contribution in [0.4, 0.5) is 5.69 Å². The van der Waals surface area contributed by atoms with Gasteiger partial charge in [-0.3, -0.25) is 4.79 Å². The molecule has 0 saturated carbocycles. The Balaban J connectivity index is 2.22. The van der Waals surface area contributed by atoms with Crippen LogP contribution >= 0.6 is 0 Å². The number of anilines is 1. The third kappa shape index (κ3) is 3.35. The first-order chi connectivity index (χ1) is 10.0. The van der Waals surface area contributed by atoms with Crippen LogP contribution in [0.5, 0.6) is 0 Å². The Bertz CT molecular complexity index is 542. The van der Waals surface area contributed by atoms with Gasteiger partial charge in [-0.25, -0.2) is 4.79 Å². The number of rotatable bonds is 5. The summed E-state index contributed by atoms with van der Waals surface area (Å²) in [6, 6.07) is 4.69. The fourth-order valence-corrected chi connectivity index (χ4v) is 2.62. The van der Waals surface area contributed by atoms with Gasteiger partial charge in [-0.1, -0.05) is 26.3 Å². The lowest BCUT2D eigenvalue weighted by atomic mass is 9.95. The number of aliphatic carboxylic acids is 1. The second kappa shape index (κ2) is 6.61. The average molecular weight is 290 g/mol. The van der Waals surface area contributed by atoms with Crippen molar-refractivity contribution in [2.24, 2.45) is 5.92 Å². The predicted molar refractivity (Wildman–Crippen MR) is 81.6 cm³/mol. The SMILES string of the molecule is CCC(C)C(NC(=O)c1cccc2c1CCCN2)C(=O)O. The number of amides is 1. The van der Waals surface area contributed by atoms with Gasteiger partial charge in [-0.15, -0.1) is 0 Å². The predicted octanol–water partition coefficient (Wildman–Crippen LogP) is 2.27. The Kier molecular flexibility index (Phi) is 4.83. The highest BCUT2D eigenvalue weighted by atomic mass is 16.4. The molecule has 3 N–H and O–H groups in total. The zero-order valence-corrected chi connectivity index (χ0v) is 12.5. The largest absolute Gasteiger partial charge is 0.480 e. The van der Waals surface area contributed by atoms with E-state index < -0.39 is 12.0 Å². The van der Waals surface area contributed by atoms with Crippen LogP contribution in [0.25, 0.3) is 0 Å². The first-order valence-corrected chi connectivity index (χ1v) is 7.44. The van der Waals surface area contributed by atoms with Gasteiger partial charge in [0.05, 0.1) is 0 Å². The summed E-state index contributed by atoms with van der Waals surface area (Å²) in [6.07, 6.45) is 2.52. The maximum absolute atomic E-state index is 12.4. The van der Waals surface area contributed by atoms with Crippen LogP contribution in [0.3, 0.4) is 0 Å². The molecular weight excluding hydrogens is 268 g/mol. The molecule has 0 aromatic heterocycles. The number of fused-ring (bicyclic) bond motifs is 1. The average Bonchev–Trinajstić information content (AvgIpc) is 2.50. The lowest BCUT2D eigenvalue weighted by Crippen LogP contribution is -2.45. The highest BCUT2D eigenvalue weighted by Gasteiger charge is 2.27. The van der Waals surface area contributed by atoms with E-state index in [0.29, 0.717) is 12.0 Å². The zero-order chi connectivity index (χ0) is 15.4. The number of carbonyl (C=O) groups is 2. The van der Waals surface area contributed by atoms with Gasteiger partial charge in [0.15, 0.2) is 0 Å². The van der Waals surface area contributed by atoms with Gasteiger partial charge < -0.3 is 15.7 Å². The summed E-state index contributed by atoms with van der Waals surface area (Å²) in [5.74, 6) is -1.40. The van der Waals surface area contributed by atoms with E-state index in [1.807, 2.05) is 26.0 Å². The van der Waals surface area contributed by atoms with Crippen LogP contribution in [0, 0.1) is 5.92 Å². The molecule has 0 radical (unpaired) electrons. The van der Waals surface area contributed by atoms with Crippen molar-refractivity contribution in [2.75, 3.05) is 11.9 Å². The van der Waals surface area contributed by atoms with E-state index in [4.69, 9.17) is 0 Å². The van der Waals surface area contributed by atoms with Gasteiger partial charge in [0.25, 0.3) is 5.91 Å². The first kappa shape index (κ1) is 15.4. The Labute approximate surface area is 124 Å². The normalized spacial score (nSPS) is 16.3. The summed E-state index contributed by atoms with van der Waals surface area (Å²) in [6.45, 7) is 4.66. The molecule has 5 heteroatoms. The third-order valence-corrected chi connectivity index (χ3v) is 4.11. The molecule has 0 spiro atoms.